The predicted octanol–water partition coefficient (Wildman–Crippen LogP) is 2.13. The topological polar surface area (TPSA) is 116 Å². The molecular weight excluding hydrogens is 436 g/mol. The van der Waals surface area contributed by atoms with Crippen LogP contribution in [0.15, 0.2) is 54.1 Å². The average molecular weight is 459 g/mol. The number of ketones is 1. The fraction of sp³-hybridized carbons (Fsp3) is 0.261. The SMILES string of the molecule is COC(=O)c1ccc(C2/C(=C(/O)c3ccc(Cl)cc3)C(=O)C(=O)N2CCNCCO)cc1. The first-order chi connectivity index (χ1) is 15.4. The zero-order chi connectivity index (χ0) is 23.3. The number of nitrogens with zero attached hydrogens (tertiary/aromatic N) is 1. The van der Waals surface area contributed by atoms with E-state index in [1.807, 2.05) is 0 Å². The standard InChI is InChI=1S/C23H23ClN2O6/c1-32-23(31)16-4-2-14(3-5-16)19-18(20(28)15-6-8-17(24)9-7-15)21(29)22(30)26(19)12-10-25-11-13-27/h2-9,19,25,27-28H,10-13H2,1H3/b20-18-. The maximum Gasteiger partial charge on any atom is 0.337 e. The molecule has 1 amide bonds. The number of aliphatic hydroxyl groups is 2. The number of methoxy groups -OCH3 is 1. The smallest absolute Gasteiger partial charge is 0.337 e. The molecule has 3 rings (SSSR count). The molecule has 1 saturated heterocycles. The van der Waals surface area contributed by atoms with E-state index in [-0.39, 0.29) is 24.5 Å². The first kappa shape index (κ1) is 23.5. The predicted molar refractivity (Wildman–Crippen MR) is 118 cm³/mol. The van der Waals surface area contributed by atoms with Gasteiger partial charge in [0.2, 0.25) is 0 Å². The summed E-state index contributed by atoms with van der Waals surface area (Å²) in [7, 11) is 1.27. The quantitative estimate of drug-likeness (QED) is 0.182. The zero-order valence-corrected chi connectivity index (χ0v) is 18.1. The van der Waals surface area contributed by atoms with Crippen LogP contribution in [0.1, 0.15) is 27.5 Å². The van der Waals surface area contributed by atoms with Crippen molar-refractivity contribution >= 4 is 35.0 Å². The van der Waals surface area contributed by atoms with Crippen molar-refractivity contribution in [1.82, 2.24) is 10.2 Å². The number of halogens is 1. The van der Waals surface area contributed by atoms with Gasteiger partial charge in [-0.15, -0.1) is 0 Å². The maximum absolute atomic E-state index is 12.9. The highest BCUT2D eigenvalue weighted by Gasteiger charge is 2.45. The lowest BCUT2D eigenvalue weighted by molar-refractivity contribution is -0.139. The second-order valence-electron chi connectivity index (χ2n) is 7.09. The van der Waals surface area contributed by atoms with Crippen LogP contribution in [0.2, 0.25) is 5.02 Å². The van der Waals surface area contributed by atoms with E-state index in [2.05, 4.69) is 5.32 Å². The molecule has 1 aliphatic rings. The second-order valence-corrected chi connectivity index (χ2v) is 7.52. The van der Waals surface area contributed by atoms with Gasteiger partial charge in [0.05, 0.1) is 30.9 Å². The monoisotopic (exact) mass is 458 g/mol. The Morgan fingerprint density at radius 1 is 1.06 bits per heavy atom. The Morgan fingerprint density at radius 2 is 1.69 bits per heavy atom. The van der Waals surface area contributed by atoms with Crippen LogP contribution in [0, 0.1) is 0 Å². The lowest BCUT2D eigenvalue weighted by Gasteiger charge is -2.25. The van der Waals surface area contributed by atoms with Crippen molar-refractivity contribution in [3.63, 3.8) is 0 Å². The summed E-state index contributed by atoms with van der Waals surface area (Å²) in [6, 6.07) is 11.7. The second kappa shape index (κ2) is 10.4. The molecule has 0 saturated carbocycles. The van der Waals surface area contributed by atoms with E-state index in [0.29, 0.717) is 34.8 Å². The lowest BCUT2D eigenvalue weighted by Crippen LogP contribution is -2.36. The summed E-state index contributed by atoms with van der Waals surface area (Å²) in [6.07, 6.45) is 0. The van der Waals surface area contributed by atoms with E-state index in [9.17, 15) is 19.5 Å². The third-order valence-corrected chi connectivity index (χ3v) is 5.38. The first-order valence-electron chi connectivity index (χ1n) is 9.93. The van der Waals surface area contributed by atoms with Gasteiger partial charge in [0.15, 0.2) is 0 Å². The Morgan fingerprint density at radius 3 is 2.28 bits per heavy atom. The molecule has 8 nitrogen and oxygen atoms in total. The fourth-order valence-corrected chi connectivity index (χ4v) is 3.67. The van der Waals surface area contributed by atoms with E-state index in [4.69, 9.17) is 21.4 Å². The Balaban J connectivity index is 2.06. The van der Waals surface area contributed by atoms with Crippen molar-refractivity contribution in [3.8, 4) is 0 Å². The molecule has 0 radical (unpaired) electrons. The van der Waals surface area contributed by atoms with Gasteiger partial charge in [0, 0.05) is 30.2 Å². The molecule has 0 aliphatic carbocycles. The summed E-state index contributed by atoms with van der Waals surface area (Å²) in [5.41, 5.74) is 1.16. The molecule has 0 spiro atoms. The van der Waals surface area contributed by atoms with Gasteiger partial charge < -0.3 is 25.2 Å². The van der Waals surface area contributed by atoms with Gasteiger partial charge in [0.1, 0.15) is 5.76 Å². The van der Waals surface area contributed by atoms with Gasteiger partial charge in [0.25, 0.3) is 11.7 Å². The molecule has 2 aromatic rings. The summed E-state index contributed by atoms with van der Waals surface area (Å²) >= 11 is 5.92. The number of likely N-dealkylation sites (tertiary alicyclic amines) is 1. The van der Waals surface area contributed by atoms with Crippen molar-refractivity contribution in [2.45, 2.75) is 6.04 Å². The number of esters is 1. The molecule has 1 atom stereocenters. The molecular formula is C23H23ClN2O6. The van der Waals surface area contributed by atoms with Crippen molar-refractivity contribution < 1.29 is 29.3 Å². The minimum absolute atomic E-state index is 0.0506. The van der Waals surface area contributed by atoms with Gasteiger partial charge >= 0.3 is 5.97 Å². The summed E-state index contributed by atoms with van der Waals surface area (Å²) in [5.74, 6) is -2.37. The van der Waals surface area contributed by atoms with Gasteiger partial charge in [-0.2, -0.15) is 0 Å². The van der Waals surface area contributed by atoms with Gasteiger partial charge in [-0.3, -0.25) is 9.59 Å². The molecule has 9 heteroatoms. The van der Waals surface area contributed by atoms with E-state index < -0.39 is 23.7 Å². The van der Waals surface area contributed by atoms with Crippen molar-refractivity contribution in [2.75, 3.05) is 33.4 Å². The minimum Gasteiger partial charge on any atom is -0.507 e. The Hall–Kier alpha value is -3.20. The number of amides is 1. The van der Waals surface area contributed by atoms with Gasteiger partial charge in [-0.1, -0.05) is 23.7 Å². The summed E-state index contributed by atoms with van der Waals surface area (Å²) in [4.78, 5) is 38.9. The summed E-state index contributed by atoms with van der Waals surface area (Å²) in [5, 5.41) is 23.3. The van der Waals surface area contributed by atoms with Crippen LogP contribution in [0.4, 0.5) is 0 Å². The fourth-order valence-electron chi connectivity index (χ4n) is 3.54. The molecule has 2 aromatic carbocycles. The number of carbonyl (C=O) groups is 3. The highest BCUT2D eigenvalue weighted by Crippen LogP contribution is 2.39. The third kappa shape index (κ3) is 4.83. The number of rotatable bonds is 8. The molecule has 32 heavy (non-hydrogen) atoms. The number of Topliss-reactive ketones (excluding diaryl/α,β-unsaturated/α-hetero) is 1. The first-order valence-corrected chi connectivity index (χ1v) is 10.3. The van der Waals surface area contributed by atoms with Crippen LogP contribution >= 0.6 is 11.6 Å². The molecule has 0 aromatic heterocycles. The molecule has 0 bridgehead atoms. The van der Waals surface area contributed by atoms with Crippen LogP contribution in [-0.4, -0.2) is 66.1 Å². The maximum atomic E-state index is 12.9. The number of aliphatic hydroxyl groups excluding tert-OH is 2. The Bertz CT molecular complexity index is 1030. The molecule has 168 valence electrons. The highest BCUT2D eigenvalue weighted by atomic mass is 35.5. The minimum atomic E-state index is -0.853. The molecule has 1 fully saturated rings. The Labute approximate surface area is 190 Å². The molecule has 1 heterocycles. The number of nitrogens with one attached hydrogen (secondary N) is 1. The molecule has 1 aliphatic heterocycles. The average Bonchev–Trinajstić information content (AvgIpc) is 3.06. The van der Waals surface area contributed by atoms with Gasteiger partial charge in [-0.25, -0.2) is 4.79 Å². The normalized spacial score (nSPS) is 17.6. The van der Waals surface area contributed by atoms with E-state index in [1.165, 1.54) is 24.1 Å². The van der Waals surface area contributed by atoms with Crippen LogP contribution in [-0.2, 0) is 14.3 Å². The number of hydrogen-bond donors (Lipinski definition) is 3. The molecule has 1 unspecified atom stereocenters. The number of ether oxygens (including phenoxy) is 1. The van der Waals surface area contributed by atoms with Gasteiger partial charge in [-0.05, 0) is 42.0 Å². The number of benzene rings is 2. The van der Waals surface area contributed by atoms with E-state index in [1.54, 1.807) is 36.4 Å². The van der Waals surface area contributed by atoms with Crippen molar-refractivity contribution in [3.05, 3.63) is 75.8 Å². The summed E-state index contributed by atoms with van der Waals surface area (Å²) in [6.45, 7) is 0.789. The van der Waals surface area contributed by atoms with E-state index >= 15 is 0 Å². The number of carbonyl (C=O) groups excluding carboxylic acids is 3. The van der Waals surface area contributed by atoms with Crippen LogP contribution in [0.5, 0.6) is 0 Å². The third-order valence-electron chi connectivity index (χ3n) is 5.12. The summed E-state index contributed by atoms with van der Waals surface area (Å²) < 4.78 is 4.71. The lowest BCUT2D eigenvalue weighted by atomic mass is 9.94. The zero-order valence-electron chi connectivity index (χ0n) is 17.4. The van der Waals surface area contributed by atoms with Crippen LogP contribution < -0.4 is 5.32 Å². The largest absolute Gasteiger partial charge is 0.507 e. The van der Waals surface area contributed by atoms with Crippen LogP contribution in [0.25, 0.3) is 5.76 Å². The number of hydrogen-bond acceptors (Lipinski definition) is 7. The molecule has 3 N–H and O–H groups in total. The van der Waals surface area contributed by atoms with Crippen molar-refractivity contribution in [1.29, 1.82) is 0 Å². The highest BCUT2D eigenvalue weighted by molar-refractivity contribution is 6.46. The van der Waals surface area contributed by atoms with Crippen molar-refractivity contribution in [2.24, 2.45) is 0 Å². The van der Waals surface area contributed by atoms with E-state index in [0.717, 1.165) is 0 Å². The van der Waals surface area contributed by atoms with Crippen LogP contribution in [0.3, 0.4) is 0 Å². The Kier molecular flexibility index (Phi) is 7.63.